The van der Waals surface area contributed by atoms with E-state index >= 15 is 0 Å². The smallest absolute Gasteiger partial charge is 0.122 e. The van der Waals surface area contributed by atoms with E-state index in [-0.39, 0.29) is 0 Å². The lowest BCUT2D eigenvalue weighted by atomic mass is 10.1. The molecule has 3 nitrogen and oxygen atoms in total. The standard InChI is InChI=1S/C13H16ClN3/c1-17-11(9-16-13(17)8-15)7-6-10-4-2-3-5-12(10)14/h2-5,9H,6-8,15H2,1H3. The minimum atomic E-state index is 0.475. The lowest BCUT2D eigenvalue weighted by Gasteiger charge is -2.06. The van der Waals surface area contributed by atoms with Gasteiger partial charge in [-0.15, -0.1) is 0 Å². The Bertz CT molecular complexity index is 505. The fourth-order valence-electron chi connectivity index (χ4n) is 1.87. The van der Waals surface area contributed by atoms with E-state index in [2.05, 4.69) is 15.6 Å². The summed E-state index contributed by atoms with van der Waals surface area (Å²) in [4.78, 5) is 4.27. The first-order valence-electron chi connectivity index (χ1n) is 5.65. The molecule has 4 heteroatoms. The van der Waals surface area contributed by atoms with E-state index in [0.717, 1.165) is 23.7 Å². The first kappa shape index (κ1) is 12.1. The van der Waals surface area contributed by atoms with Gasteiger partial charge in [-0.3, -0.25) is 0 Å². The summed E-state index contributed by atoms with van der Waals surface area (Å²) in [5.41, 5.74) is 7.95. The van der Waals surface area contributed by atoms with Gasteiger partial charge >= 0.3 is 0 Å². The highest BCUT2D eigenvalue weighted by Gasteiger charge is 2.06. The van der Waals surface area contributed by atoms with E-state index in [1.165, 1.54) is 11.3 Å². The van der Waals surface area contributed by atoms with Crippen molar-refractivity contribution in [3.8, 4) is 0 Å². The van der Waals surface area contributed by atoms with Crippen LogP contribution in [0, 0.1) is 0 Å². The van der Waals surface area contributed by atoms with Gasteiger partial charge in [0, 0.05) is 24.0 Å². The van der Waals surface area contributed by atoms with Gasteiger partial charge in [0.25, 0.3) is 0 Å². The van der Waals surface area contributed by atoms with E-state index in [1.54, 1.807) is 0 Å². The molecule has 0 bridgehead atoms. The molecule has 0 saturated heterocycles. The summed E-state index contributed by atoms with van der Waals surface area (Å²) >= 11 is 6.12. The Hall–Kier alpha value is -1.32. The zero-order valence-electron chi connectivity index (χ0n) is 9.86. The molecule has 2 N–H and O–H groups in total. The predicted molar refractivity (Wildman–Crippen MR) is 70.0 cm³/mol. The fraction of sp³-hybridized carbons (Fsp3) is 0.308. The Kier molecular flexibility index (Phi) is 3.82. The van der Waals surface area contributed by atoms with Crippen molar-refractivity contribution < 1.29 is 0 Å². The van der Waals surface area contributed by atoms with Crippen LogP contribution in [0.3, 0.4) is 0 Å². The van der Waals surface area contributed by atoms with Crippen molar-refractivity contribution in [1.82, 2.24) is 9.55 Å². The van der Waals surface area contributed by atoms with E-state index < -0.39 is 0 Å². The van der Waals surface area contributed by atoms with Crippen molar-refractivity contribution in [3.05, 3.63) is 52.6 Å². The zero-order valence-corrected chi connectivity index (χ0v) is 10.6. The first-order valence-corrected chi connectivity index (χ1v) is 6.03. The largest absolute Gasteiger partial charge is 0.334 e. The van der Waals surface area contributed by atoms with Crippen molar-refractivity contribution >= 4 is 11.6 Å². The molecule has 0 amide bonds. The number of imidazole rings is 1. The second-order valence-electron chi connectivity index (χ2n) is 4.02. The number of nitrogens with two attached hydrogens (primary N) is 1. The van der Waals surface area contributed by atoms with Crippen LogP contribution in [0.15, 0.2) is 30.5 Å². The summed E-state index contributed by atoms with van der Waals surface area (Å²) in [5.74, 6) is 0.916. The molecule has 2 aromatic rings. The SMILES string of the molecule is Cn1c(CCc2ccccc2Cl)cnc1CN. The third-order valence-electron chi connectivity index (χ3n) is 2.97. The van der Waals surface area contributed by atoms with Crippen molar-refractivity contribution in [2.24, 2.45) is 12.8 Å². The second-order valence-corrected chi connectivity index (χ2v) is 4.43. The molecule has 1 aromatic heterocycles. The topological polar surface area (TPSA) is 43.8 Å². The maximum Gasteiger partial charge on any atom is 0.122 e. The third kappa shape index (κ3) is 2.68. The molecule has 0 spiro atoms. The van der Waals surface area contributed by atoms with Gasteiger partial charge in [0.05, 0.1) is 6.54 Å². The molecule has 0 saturated carbocycles. The molecule has 0 radical (unpaired) electrons. The van der Waals surface area contributed by atoms with Gasteiger partial charge < -0.3 is 10.3 Å². The van der Waals surface area contributed by atoms with Crippen LogP contribution in [-0.4, -0.2) is 9.55 Å². The Labute approximate surface area is 106 Å². The summed E-state index contributed by atoms with van der Waals surface area (Å²) in [7, 11) is 2.00. The second kappa shape index (κ2) is 5.34. The number of nitrogens with zero attached hydrogens (tertiary/aromatic N) is 2. The van der Waals surface area contributed by atoms with Crippen LogP contribution < -0.4 is 5.73 Å². The number of aryl methyl sites for hydroxylation is 2. The van der Waals surface area contributed by atoms with Crippen LogP contribution in [0.25, 0.3) is 0 Å². The van der Waals surface area contributed by atoms with Gasteiger partial charge in [-0.05, 0) is 24.5 Å². The summed E-state index contributed by atoms with van der Waals surface area (Å²) in [6.45, 7) is 0.475. The molecule has 0 fully saturated rings. The number of aromatic nitrogens is 2. The average molecular weight is 250 g/mol. The lowest BCUT2D eigenvalue weighted by Crippen LogP contribution is -2.07. The Balaban J connectivity index is 2.07. The Morgan fingerprint density at radius 3 is 2.71 bits per heavy atom. The number of rotatable bonds is 4. The monoisotopic (exact) mass is 249 g/mol. The Morgan fingerprint density at radius 1 is 1.29 bits per heavy atom. The van der Waals surface area contributed by atoms with Gasteiger partial charge in [0.15, 0.2) is 0 Å². The van der Waals surface area contributed by atoms with Crippen LogP contribution in [0.4, 0.5) is 0 Å². The van der Waals surface area contributed by atoms with E-state index in [1.807, 2.05) is 31.4 Å². The van der Waals surface area contributed by atoms with Gasteiger partial charge in [0.1, 0.15) is 5.82 Å². The number of hydrogen-bond donors (Lipinski definition) is 1. The van der Waals surface area contributed by atoms with E-state index in [0.29, 0.717) is 6.54 Å². The van der Waals surface area contributed by atoms with Crippen molar-refractivity contribution in [2.75, 3.05) is 0 Å². The molecular formula is C13H16ClN3. The molecule has 1 aromatic carbocycles. The third-order valence-corrected chi connectivity index (χ3v) is 3.34. The van der Waals surface area contributed by atoms with Gasteiger partial charge in [-0.1, -0.05) is 29.8 Å². The maximum atomic E-state index is 6.12. The van der Waals surface area contributed by atoms with Gasteiger partial charge in [-0.2, -0.15) is 0 Å². The summed E-state index contributed by atoms with van der Waals surface area (Å²) in [6.07, 6.45) is 3.73. The summed E-state index contributed by atoms with van der Waals surface area (Å²) in [6, 6.07) is 7.94. The fourth-order valence-corrected chi connectivity index (χ4v) is 2.10. The van der Waals surface area contributed by atoms with Crippen LogP contribution in [-0.2, 0) is 26.4 Å². The molecule has 90 valence electrons. The average Bonchev–Trinajstić information content (AvgIpc) is 2.69. The van der Waals surface area contributed by atoms with Crippen molar-refractivity contribution in [1.29, 1.82) is 0 Å². The van der Waals surface area contributed by atoms with Crippen LogP contribution in [0.1, 0.15) is 17.1 Å². The summed E-state index contributed by atoms with van der Waals surface area (Å²) in [5, 5.41) is 0.828. The number of halogens is 1. The predicted octanol–water partition coefficient (Wildman–Crippen LogP) is 2.32. The zero-order chi connectivity index (χ0) is 12.3. The van der Waals surface area contributed by atoms with Crippen LogP contribution in [0.5, 0.6) is 0 Å². The highest BCUT2D eigenvalue weighted by molar-refractivity contribution is 6.31. The van der Waals surface area contributed by atoms with Gasteiger partial charge in [0.2, 0.25) is 0 Å². The molecule has 17 heavy (non-hydrogen) atoms. The molecule has 0 aliphatic heterocycles. The lowest BCUT2D eigenvalue weighted by molar-refractivity contribution is 0.739. The van der Waals surface area contributed by atoms with E-state index in [9.17, 15) is 0 Å². The first-order chi connectivity index (χ1) is 8.22. The van der Waals surface area contributed by atoms with Crippen molar-refractivity contribution in [3.63, 3.8) is 0 Å². The molecular weight excluding hydrogens is 234 g/mol. The molecule has 2 rings (SSSR count). The molecule has 0 aliphatic carbocycles. The molecule has 0 aliphatic rings. The highest BCUT2D eigenvalue weighted by atomic mass is 35.5. The minimum absolute atomic E-state index is 0.475. The van der Waals surface area contributed by atoms with Gasteiger partial charge in [-0.25, -0.2) is 4.98 Å². The van der Waals surface area contributed by atoms with Crippen LogP contribution >= 0.6 is 11.6 Å². The summed E-state index contributed by atoms with van der Waals surface area (Å²) < 4.78 is 2.05. The molecule has 0 unspecified atom stereocenters. The Morgan fingerprint density at radius 2 is 2.06 bits per heavy atom. The quantitative estimate of drug-likeness (QED) is 0.904. The number of benzene rings is 1. The van der Waals surface area contributed by atoms with E-state index in [4.69, 9.17) is 17.3 Å². The maximum absolute atomic E-state index is 6.12. The molecule has 0 atom stereocenters. The highest BCUT2D eigenvalue weighted by Crippen LogP contribution is 2.17. The number of hydrogen-bond acceptors (Lipinski definition) is 2. The molecule has 1 heterocycles. The van der Waals surface area contributed by atoms with Crippen LogP contribution in [0.2, 0.25) is 5.02 Å². The van der Waals surface area contributed by atoms with Crippen molar-refractivity contribution in [2.45, 2.75) is 19.4 Å². The normalized spacial score (nSPS) is 10.8. The minimum Gasteiger partial charge on any atom is -0.334 e.